The lowest BCUT2D eigenvalue weighted by Crippen LogP contribution is -2.14. The van der Waals surface area contributed by atoms with E-state index in [0.29, 0.717) is 5.76 Å². The third-order valence-corrected chi connectivity index (χ3v) is 3.01. The van der Waals surface area contributed by atoms with Crippen LogP contribution in [0.2, 0.25) is 0 Å². The summed E-state index contributed by atoms with van der Waals surface area (Å²) in [5.41, 5.74) is 0.799. The molecule has 1 aromatic heterocycles. The van der Waals surface area contributed by atoms with E-state index >= 15 is 0 Å². The van der Waals surface area contributed by atoms with Crippen LogP contribution in [0.4, 0.5) is 0 Å². The molecule has 2 unspecified atom stereocenters. The molecule has 1 heterocycles. The molecule has 0 fully saturated rings. The molecule has 98 valence electrons. The van der Waals surface area contributed by atoms with E-state index < -0.39 is 6.10 Å². The fourth-order valence-electron chi connectivity index (χ4n) is 1.99. The number of para-hydroxylation sites is 1. The summed E-state index contributed by atoms with van der Waals surface area (Å²) in [5, 5.41) is 11.0. The molecular weight excluding hydrogens is 228 g/mol. The van der Waals surface area contributed by atoms with E-state index in [1.165, 1.54) is 0 Å². The van der Waals surface area contributed by atoms with Crippen LogP contribution in [0, 0.1) is 0 Å². The summed E-state index contributed by atoms with van der Waals surface area (Å²) in [4.78, 5) is 0. The molecule has 0 aliphatic rings. The van der Waals surface area contributed by atoms with Crippen molar-refractivity contribution in [3.8, 4) is 0 Å². The van der Waals surface area contributed by atoms with Crippen molar-refractivity contribution >= 4 is 11.0 Å². The van der Waals surface area contributed by atoms with Gasteiger partial charge in [0.1, 0.15) is 17.4 Å². The van der Waals surface area contributed by atoms with Gasteiger partial charge in [-0.1, -0.05) is 31.5 Å². The van der Waals surface area contributed by atoms with Gasteiger partial charge in [0.25, 0.3) is 0 Å². The average molecular weight is 248 g/mol. The van der Waals surface area contributed by atoms with Gasteiger partial charge in [-0.25, -0.2) is 0 Å². The lowest BCUT2D eigenvalue weighted by atomic mass is 10.2. The van der Waals surface area contributed by atoms with Crippen LogP contribution in [-0.2, 0) is 4.74 Å². The average Bonchev–Trinajstić information content (AvgIpc) is 2.80. The quantitative estimate of drug-likeness (QED) is 0.848. The third kappa shape index (κ3) is 3.12. The van der Waals surface area contributed by atoms with Crippen LogP contribution in [0.25, 0.3) is 11.0 Å². The molecule has 0 spiro atoms. The Kier molecular flexibility index (Phi) is 4.39. The molecule has 2 aromatic rings. The van der Waals surface area contributed by atoms with E-state index in [4.69, 9.17) is 9.15 Å². The van der Waals surface area contributed by atoms with Gasteiger partial charge in [-0.2, -0.15) is 0 Å². The molecule has 2 rings (SSSR count). The van der Waals surface area contributed by atoms with E-state index in [2.05, 4.69) is 6.92 Å². The molecule has 0 radical (unpaired) electrons. The number of benzene rings is 1. The number of aliphatic hydroxyl groups excluding tert-OH is 1. The summed E-state index contributed by atoms with van der Waals surface area (Å²) in [7, 11) is 0. The number of rotatable bonds is 6. The highest BCUT2D eigenvalue weighted by Crippen LogP contribution is 2.24. The predicted molar refractivity (Wildman–Crippen MR) is 71.5 cm³/mol. The molecule has 0 saturated heterocycles. The Bertz CT molecular complexity index is 456. The number of hydrogen-bond donors (Lipinski definition) is 1. The maximum absolute atomic E-state index is 10.0. The molecule has 18 heavy (non-hydrogen) atoms. The summed E-state index contributed by atoms with van der Waals surface area (Å²) >= 11 is 0. The van der Waals surface area contributed by atoms with Crippen LogP contribution >= 0.6 is 0 Å². The highest BCUT2D eigenvalue weighted by atomic mass is 16.5. The number of hydrogen-bond acceptors (Lipinski definition) is 3. The topological polar surface area (TPSA) is 42.6 Å². The van der Waals surface area contributed by atoms with Gasteiger partial charge in [0.15, 0.2) is 0 Å². The molecule has 3 heteroatoms. The Morgan fingerprint density at radius 3 is 2.83 bits per heavy atom. The maximum atomic E-state index is 10.0. The Labute approximate surface area is 107 Å². The van der Waals surface area contributed by atoms with Gasteiger partial charge < -0.3 is 14.3 Å². The molecule has 0 aliphatic heterocycles. The summed E-state index contributed by atoms with van der Waals surface area (Å²) in [6.45, 7) is 4.42. The smallest absolute Gasteiger partial charge is 0.136 e. The van der Waals surface area contributed by atoms with Crippen molar-refractivity contribution in [1.82, 2.24) is 0 Å². The van der Waals surface area contributed by atoms with Gasteiger partial charge in [0, 0.05) is 5.39 Å². The molecule has 0 amide bonds. The molecule has 1 aromatic carbocycles. The second kappa shape index (κ2) is 6.03. The second-order valence-electron chi connectivity index (χ2n) is 4.64. The van der Waals surface area contributed by atoms with Crippen LogP contribution in [0.1, 0.15) is 38.6 Å². The summed E-state index contributed by atoms with van der Waals surface area (Å²) in [6, 6.07) is 9.60. The van der Waals surface area contributed by atoms with E-state index in [-0.39, 0.29) is 12.7 Å². The normalized spacial score (nSPS) is 14.8. The second-order valence-corrected chi connectivity index (χ2v) is 4.64. The highest BCUT2D eigenvalue weighted by molar-refractivity contribution is 5.77. The lowest BCUT2D eigenvalue weighted by Gasteiger charge is -2.14. The first-order valence-electron chi connectivity index (χ1n) is 6.49. The monoisotopic (exact) mass is 248 g/mol. The van der Waals surface area contributed by atoms with Crippen LogP contribution in [0.15, 0.2) is 34.7 Å². The summed E-state index contributed by atoms with van der Waals surface area (Å²) < 4.78 is 11.2. The van der Waals surface area contributed by atoms with Crippen molar-refractivity contribution in [3.63, 3.8) is 0 Å². The lowest BCUT2D eigenvalue weighted by molar-refractivity contribution is -0.0128. The van der Waals surface area contributed by atoms with E-state index in [1.54, 1.807) is 0 Å². The highest BCUT2D eigenvalue weighted by Gasteiger charge is 2.14. The zero-order chi connectivity index (χ0) is 13.0. The van der Waals surface area contributed by atoms with Crippen LogP contribution in [-0.4, -0.2) is 17.8 Å². The SMILES string of the molecule is CCCC(C)OCC(O)c1cc2ccccc2o1. The summed E-state index contributed by atoms with van der Waals surface area (Å²) in [6.07, 6.45) is 1.57. The number of fused-ring (bicyclic) bond motifs is 1. The minimum absolute atomic E-state index is 0.175. The number of aliphatic hydroxyl groups is 1. The largest absolute Gasteiger partial charge is 0.458 e. The van der Waals surface area contributed by atoms with Crippen molar-refractivity contribution in [2.24, 2.45) is 0 Å². The van der Waals surface area contributed by atoms with Crippen molar-refractivity contribution in [2.45, 2.75) is 38.9 Å². The van der Waals surface area contributed by atoms with Crippen molar-refractivity contribution in [3.05, 3.63) is 36.1 Å². The fourth-order valence-corrected chi connectivity index (χ4v) is 1.99. The fraction of sp³-hybridized carbons (Fsp3) is 0.467. The number of ether oxygens (including phenoxy) is 1. The van der Waals surface area contributed by atoms with Crippen LogP contribution in [0.3, 0.4) is 0 Å². The maximum Gasteiger partial charge on any atom is 0.136 e. The van der Waals surface area contributed by atoms with E-state index in [9.17, 15) is 5.11 Å². The van der Waals surface area contributed by atoms with Gasteiger partial charge in [0.05, 0.1) is 12.7 Å². The number of furan rings is 1. The zero-order valence-electron chi connectivity index (χ0n) is 10.9. The first-order valence-corrected chi connectivity index (χ1v) is 6.49. The third-order valence-electron chi connectivity index (χ3n) is 3.01. The minimum atomic E-state index is -0.697. The predicted octanol–water partition coefficient (Wildman–Crippen LogP) is 3.67. The van der Waals surface area contributed by atoms with Crippen molar-refractivity contribution in [2.75, 3.05) is 6.61 Å². The van der Waals surface area contributed by atoms with E-state index in [1.807, 2.05) is 37.3 Å². The summed E-state index contributed by atoms with van der Waals surface area (Å²) in [5.74, 6) is 0.569. The Morgan fingerprint density at radius 2 is 2.11 bits per heavy atom. The standard InChI is InChI=1S/C15H20O3/c1-3-6-11(2)17-10-13(16)15-9-12-7-4-5-8-14(12)18-15/h4-5,7-9,11,13,16H,3,6,10H2,1-2H3. The molecular formula is C15H20O3. The van der Waals surface area contributed by atoms with Crippen LogP contribution < -0.4 is 0 Å². The van der Waals surface area contributed by atoms with Gasteiger partial charge >= 0.3 is 0 Å². The molecule has 0 saturated carbocycles. The van der Waals surface area contributed by atoms with E-state index in [0.717, 1.165) is 23.8 Å². The first-order chi connectivity index (χ1) is 8.70. The van der Waals surface area contributed by atoms with Gasteiger partial charge in [-0.3, -0.25) is 0 Å². The Hall–Kier alpha value is -1.32. The van der Waals surface area contributed by atoms with Gasteiger partial charge in [0.2, 0.25) is 0 Å². The van der Waals surface area contributed by atoms with Crippen molar-refractivity contribution < 1.29 is 14.3 Å². The molecule has 0 aliphatic carbocycles. The Morgan fingerprint density at radius 1 is 1.33 bits per heavy atom. The molecule has 2 atom stereocenters. The Balaban J connectivity index is 1.98. The van der Waals surface area contributed by atoms with Crippen molar-refractivity contribution in [1.29, 1.82) is 0 Å². The first kappa shape index (κ1) is 13.1. The zero-order valence-corrected chi connectivity index (χ0v) is 10.9. The molecule has 1 N–H and O–H groups in total. The molecule has 0 bridgehead atoms. The van der Waals surface area contributed by atoms with Gasteiger partial charge in [-0.15, -0.1) is 0 Å². The van der Waals surface area contributed by atoms with Crippen LogP contribution in [0.5, 0.6) is 0 Å². The van der Waals surface area contributed by atoms with Gasteiger partial charge in [-0.05, 0) is 25.5 Å². The molecule has 3 nitrogen and oxygen atoms in total. The minimum Gasteiger partial charge on any atom is -0.458 e.